The molecule has 2 atom stereocenters. The summed E-state index contributed by atoms with van der Waals surface area (Å²) in [6, 6.07) is 0. The van der Waals surface area contributed by atoms with Crippen LogP contribution in [0.15, 0.2) is 0 Å². The Bertz CT molecular complexity index is 289. The molecule has 0 bridgehead atoms. The lowest BCUT2D eigenvalue weighted by Crippen LogP contribution is -2.46. The predicted octanol–water partition coefficient (Wildman–Crippen LogP) is 2.27. The summed E-state index contributed by atoms with van der Waals surface area (Å²) in [7, 11) is 0. The maximum absolute atomic E-state index is 12.5. The standard InChI is InChI=1S/C15H28N2O/c1-4-15(5-2)6-8-17(9-7-15)14(18)13-11-16-10-12(13)3/h12-13,16H,4-11H2,1-3H3. The molecular formula is C15H28N2O. The fraction of sp³-hybridized carbons (Fsp3) is 0.933. The molecule has 2 unspecified atom stereocenters. The van der Waals surface area contributed by atoms with Crippen LogP contribution in [0.2, 0.25) is 0 Å². The van der Waals surface area contributed by atoms with Crippen molar-refractivity contribution in [2.24, 2.45) is 17.3 Å². The van der Waals surface area contributed by atoms with E-state index in [1.807, 2.05) is 0 Å². The number of rotatable bonds is 3. The second-order valence-corrected chi connectivity index (χ2v) is 6.27. The summed E-state index contributed by atoms with van der Waals surface area (Å²) < 4.78 is 0. The summed E-state index contributed by atoms with van der Waals surface area (Å²) in [6.07, 6.45) is 4.90. The number of hydrogen-bond donors (Lipinski definition) is 1. The Morgan fingerprint density at radius 1 is 1.22 bits per heavy atom. The normalized spacial score (nSPS) is 31.6. The monoisotopic (exact) mass is 252 g/mol. The number of nitrogens with zero attached hydrogens (tertiary/aromatic N) is 1. The average Bonchev–Trinajstić information content (AvgIpc) is 2.84. The van der Waals surface area contributed by atoms with Crippen LogP contribution in [0.4, 0.5) is 0 Å². The van der Waals surface area contributed by atoms with E-state index >= 15 is 0 Å². The summed E-state index contributed by atoms with van der Waals surface area (Å²) in [4.78, 5) is 14.6. The Balaban J connectivity index is 1.91. The lowest BCUT2D eigenvalue weighted by Gasteiger charge is -2.42. The zero-order chi connectivity index (χ0) is 13.2. The molecule has 3 heteroatoms. The minimum Gasteiger partial charge on any atom is -0.342 e. The first kappa shape index (κ1) is 13.9. The number of nitrogens with one attached hydrogen (secondary N) is 1. The fourth-order valence-corrected chi connectivity index (χ4v) is 3.53. The van der Waals surface area contributed by atoms with Crippen molar-refractivity contribution in [1.82, 2.24) is 10.2 Å². The number of hydrogen-bond acceptors (Lipinski definition) is 2. The van der Waals surface area contributed by atoms with Gasteiger partial charge >= 0.3 is 0 Å². The highest BCUT2D eigenvalue weighted by molar-refractivity contribution is 5.79. The molecule has 1 N–H and O–H groups in total. The van der Waals surface area contributed by atoms with Gasteiger partial charge in [-0.2, -0.15) is 0 Å². The molecule has 0 saturated carbocycles. The molecule has 0 radical (unpaired) electrons. The zero-order valence-corrected chi connectivity index (χ0v) is 12.2. The van der Waals surface area contributed by atoms with Crippen LogP contribution < -0.4 is 5.32 Å². The van der Waals surface area contributed by atoms with E-state index in [1.54, 1.807) is 0 Å². The molecule has 2 rings (SSSR count). The van der Waals surface area contributed by atoms with E-state index in [9.17, 15) is 4.79 Å². The smallest absolute Gasteiger partial charge is 0.227 e. The summed E-state index contributed by atoms with van der Waals surface area (Å²) in [5, 5.41) is 3.33. The van der Waals surface area contributed by atoms with E-state index in [1.165, 1.54) is 25.7 Å². The van der Waals surface area contributed by atoms with Crippen molar-refractivity contribution < 1.29 is 4.79 Å². The molecule has 3 nitrogen and oxygen atoms in total. The summed E-state index contributed by atoms with van der Waals surface area (Å²) in [6.45, 7) is 10.6. The third-order valence-electron chi connectivity index (χ3n) is 5.47. The first-order valence-electron chi connectivity index (χ1n) is 7.61. The van der Waals surface area contributed by atoms with Gasteiger partial charge in [0.2, 0.25) is 5.91 Å². The van der Waals surface area contributed by atoms with E-state index in [0.29, 0.717) is 17.2 Å². The van der Waals surface area contributed by atoms with Crippen LogP contribution in [-0.2, 0) is 4.79 Å². The van der Waals surface area contributed by atoms with Crippen LogP contribution in [0.5, 0.6) is 0 Å². The van der Waals surface area contributed by atoms with Gasteiger partial charge in [0.1, 0.15) is 0 Å². The van der Waals surface area contributed by atoms with Gasteiger partial charge in [0, 0.05) is 19.6 Å². The van der Waals surface area contributed by atoms with Gasteiger partial charge in [-0.1, -0.05) is 33.6 Å². The average molecular weight is 252 g/mol. The number of likely N-dealkylation sites (tertiary alicyclic amines) is 1. The largest absolute Gasteiger partial charge is 0.342 e. The van der Waals surface area contributed by atoms with Gasteiger partial charge in [-0.05, 0) is 30.7 Å². The number of piperidine rings is 1. The zero-order valence-electron chi connectivity index (χ0n) is 12.2. The number of carbonyl (C=O) groups excluding carboxylic acids is 1. The second-order valence-electron chi connectivity index (χ2n) is 6.27. The lowest BCUT2D eigenvalue weighted by molar-refractivity contribution is -0.138. The predicted molar refractivity (Wildman–Crippen MR) is 74.4 cm³/mol. The molecule has 104 valence electrons. The number of amides is 1. The van der Waals surface area contributed by atoms with Crippen molar-refractivity contribution in [3.05, 3.63) is 0 Å². The van der Waals surface area contributed by atoms with Gasteiger partial charge in [-0.15, -0.1) is 0 Å². The van der Waals surface area contributed by atoms with Crippen molar-refractivity contribution in [2.45, 2.75) is 46.5 Å². The van der Waals surface area contributed by atoms with Crippen LogP contribution in [0.25, 0.3) is 0 Å². The molecule has 2 fully saturated rings. The lowest BCUT2D eigenvalue weighted by atomic mass is 9.74. The molecule has 0 spiro atoms. The molecule has 18 heavy (non-hydrogen) atoms. The molecule has 0 aliphatic carbocycles. The molecule has 0 aromatic heterocycles. The van der Waals surface area contributed by atoms with E-state index < -0.39 is 0 Å². The molecule has 0 aromatic carbocycles. The quantitative estimate of drug-likeness (QED) is 0.835. The minimum absolute atomic E-state index is 0.223. The van der Waals surface area contributed by atoms with E-state index in [4.69, 9.17) is 0 Å². The number of carbonyl (C=O) groups is 1. The fourth-order valence-electron chi connectivity index (χ4n) is 3.53. The Kier molecular flexibility index (Phi) is 4.31. The van der Waals surface area contributed by atoms with E-state index in [0.717, 1.165) is 26.2 Å². The van der Waals surface area contributed by atoms with Gasteiger partial charge in [0.15, 0.2) is 0 Å². The summed E-state index contributed by atoms with van der Waals surface area (Å²) >= 11 is 0. The van der Waals surface area contributed by atoms with E-state index in [2.05, 4.69) is 31.0 Å². The van der Waals surface area contributed by atoms with Crippen LogP contribution >= 0.6 is 0 Å². The SMILES string of the molecule is CCC1(CC)CCN(C(=O)C2CNCC2C)CC1. The van der Waals surface area contributed by atoms with Crippen molar-refractivity contribution >= 4 is 5.91 Å². The minimum atomic E-state index is 0.223. The molecule has 2 aliphatic heterocycles. The highest BCUT2D eigenvalue weighted by Gasteiger charge is 2.37. The van der Waals surface area contributed by atoms with Crippen molar-refractivity contribution in [1.29, 1.82) is 0 Å². The molecule has 2 saturated heterocycles. The van der Waals surface area contributed by atoms with Crippen LogP contribution in [-0.4, -0.2) is 37.0 Å². The highest BCUT2D eigenvalue weighted by atomic mass is 16.2. The Morgan fingerprint density at radius 3 is 2.28 bits per heavy atom. The topological polar surface area (TPSA) is 32.3 Å². The molecule has 2 aliphatic rings. The van der Waals surface area contributed by atoms with Gasteiger partial charge in [0.05, 0.1) is 5.92 Å². The Hall–Kier alpha value is -0.570. The third kappa shape index (κ3) is 2.56. The Morgan fingerprint density at radius 2 is 1.83 bits per heavy atom. The Labute approximate surface area is 111 Å². The van der Waals surface area contributed by atoms with Crippen LogP contribution in [0.1, 0.15) is 46.5 Å². The summed E-state index contributed by atoms with van der Waals surface area (Å²) in [5.41, 5.74) is 0.510. The molecule has 2 heterocycles. The first-order chi connectivity index (χ1) is 8.62. The molecule has 0 aromatic rings. The van der Waals surface area contributed by atoms with Gasteiger partial charge < -0.3 is 10.2 Å². The van der Waals surface area contributed by atoms with Gasteiger partial charge in [-0.3, -0.25) is 4.79 Å². The maximum Gasteiger partial charge on any atom is 0.227 e. The van der Waals surface area contributed by atoms with Crippen LogP contribution in [0, 0.1) is 17.3 Å². The van der Waals surface area contributed by atoms with E-state index in [-0.39, 0.29) is 5.92 Å². The molecular weight excluding hydrogens is 224 g/mol. The van der Waals surface area contributed by atoms with Crippen molar-refractivity contribution in [3.8, 4) is 0 Å². The first-order valence-corrected chi connectivity index (χ1v) is 7.61. The molecule has 1 amide bonds. The van der Waals surface area contributed by atoms with Crippen LogP contribution in [0.3, 0.4) is 0 Å². The van der Waals surface area contributed by atoms with Gasteiger partial charge in [0.25, 0.3) is 0 Å². The maximum atomic E-state index is 12.5. The van der Waals surface area contributed by atoms with Crippen molar-refractivity contribution in [3.63, 3.8) is 0 Å². The van der Waals surface area contributed by atoms with Crippen molar-refractivity contribution in [2.75, 3.05) is 26.2 Å². The summed E-state index contributed by atoms with van der Waals surface area (Å²) in [5.74, 6) is 1.12. The third-order valence-corrected chi connectivity index (χ3v) is 5.47. The second kappa shape index (κ2) is 5.60. The highest BCUT2D eigenvalue weighted by Crippen LogP contribution is 2.38. The van der Waals surface area contributed by atoms with Gasteiger partial charge in [-0.25, -0.2) is 0 Å².